The maximum Gasteiger partial charge on any atom is 0.267 e. The lowest BCUT2D eigenvalue weighted by Crippen LogP contribution is -2.18. The molecule has 0 aliphatic heterocycles. The van der Waals surface area contributed by atoms with E-state index >= 15 is 0 Å². The van der Waals surface area contributed by atoms with E-state index in [0.29, 0.717) is 6.04 Å². The van der Waals surface area contributed by atoms with Crippen LogP contribution in [0.1, 0.15) is 29.5 Å². The zero-order valence-electron chi connectivity index (χ0n) is 14.3. The third-order valence-electron chi connectivity index (χ3n) is 4.19. The summed E-state index contributed by atoms with van der Waals surface area (Å²) in [4.78, 5) is 11.0. The van der Waals surface area contributed by atoms with Gasteiger partial charge in [-0.1, -0.05) is 36.4 Å². The van der Waals surface area contributed by atoms with Crippen LogP contribution >= 0.6 is 0 Å². The van der Waals surface area contributed by atoms with Gasteiger partial charge in [0.2, 0.25) is 0 Å². The van der Waals surface area contributed by atoms with E-state index in [1.54, 1.807) is 23.7 Å². The summed E-state index contributed by atoms with van der Waals surface area (Å²) in [6, 6.07) is 14.8. The lowest BCUT2D eigenvalue weighted by atomic mass is 10.0. The number of benzene rings is 2. The first kappa shape index (κ1) is 18.0. The Morgan fingerprint density at radius 3 is 2.35 bits per heavy atom. The Balaban J connectivity index is 1.78. The van der Waals surface area contributed by atoms with Gasteiger partial charge < -0.3 is 5.32 Å². The average Bonchev–Trinajstić information content (AvgIpc) is 3.49. The number of hydrogen-bond acceptors (Lipinski definition) is 3. The summed E-state index contributed by atoms with van der Waals surface area (Å²) in [6.07, 6.45) is 7.37. The van der Waals surface area contributed by atoms with Crippen LogP contribution in [0.15, 0.2) is 54.6 Å². The maximum absolute atomic E-state index is 13.2. The van der Waals surface area contributed by atoms with Gasteiger partial charge in [0.25, 0.3) is 5.91 Å². The van der Waals surface area contributed by atoms with Gasteiger partial charge in [0.05, 0.1) is 0 Å². The van der Waals surface area contributed by atoms with Crippen molar-refractivity contribution in [1.29, 1.82) is 0 Å². The molecule has 1 aliphatic rings. The number of carbonyl (C=O) groups excluding carboxylic acids is 1. The van der Waals surface area contributed by atoms with Gasteiger partial charge in [0.1, 0.15) is 5.82 Å². The molecule has 1 amide bonds. The topological polar surface area (TPSA) is 61.4 Å². The lowest BCUT2D eigenvalue weighted by molar-refractivity contribution is -0.124. The van der Waals surface area contributed by atoms with E-state index in [2.05, 4.69) is 11.4 Å². The molecule has 1 fully saturated rings. The van der Waals surface area contributed by atoms with Crippen molar-refractivity contribution in [3.8, 4) is 0 Å². The maximum atomic E-state index is 13.2. The van der Waals surface area contributed by atoms with Gasteiger partial charge in [-0.3, -0.25) is 10.0 Å². The van der Waals surface area contributed by atoms with Crippen LogP contribution in [0.5, 0.6) is 0 Å². The largest absolute Gasteiger partial charge is 0.310 e. The highest BCUT2D eigenvalue weighted by Gasteiger charge is 2.20. The Bertz CT molecular complexity index is 807. The highest BCUT2D eigenvalue weighted by atomic mass is 19.1. The molecule has 5 heteroatoms. The van der Waals surface area contributed by atoms with E-state index < -0.39 is 5.91 Å². The minimum Gasteiger partial charge on any atom is -0.310 e. The Morgan fingerprint density at radius 2 is 1.73 bits per heavy atom. The molecule has 0 spiro atoms. The van der Waals surface area contributed by atoms with Crippen LogP contribution in [0.4, 0.5) is 4.39 Å². The Kier molecular flexibility index (Phi) is 5.94. The fraction of sp³-hybridized carbons (Fsp3) is 0.190. The van der Waals surface area contributed by atoms with Gasteiger partial charge in [0, 0.05) is 18.7 Å². The minimum absolute atomic E-state index is 0.244. The highest BCUT2D eigenvalue weighted by Crippen LogP contribution is 2.23. The summed E-state index contributed by atoms with van der Waals surface area (Å²) in [5.41, 5.74) is 5.51. The van der Waals surface area contributed by atoms with Crippen LogP contribution in [-0.2, 0) is 4.79 Å². The Morgan fingerprint density at radius 1 is 1.08 bits per heavy atom. The van der Waals surface area contributed by atoms with E-state index in [1.165, 1.54) is 31.1 Å². The average molecular weight is 352 g/mol. The molecule has 3 N–H and O–H groups in total. The van der Waals surface area contributed by atoms with Crippen molar-refractivity contribution < 1.29 is 14.4 Å². The van der Waals surface area contributed by atoms with Gasteiger partial charge in [-0.15, -0.1) is 0 Å². The monoisotopic (exact) mass is 352 g/mol. The standard InChI is InChI=1S/C21H21FN2O2/c22-19-8-6-17(7-9-19)18(14-23-20-10-11-20)13-16-3-1-15(2-4-16)5-12-21(25)24-26/h1-9,12-13,20,23,26H,10-11,14H2,(H,24,25)/b12-5+,18-13+. The van der Waals surface area contributed by atoms with E-state index in [9.17, 15) is 9.18 Å². The molecule has 26 heavy (non-hydrogen) atoms. The number of halogens is 1. The Labute approximate surface area is 152 Å². The normalized spacial score (nSPS) is 14.6. The number of hydrogen-bond donors (Lipinski definition) is 3. The highest BCUT2D eigenvalue weighted by molar-refractivity contribution is 5.91. The van der Waals surface area contributed by atoms with Gasteiger partial charge in [-0.05, 0) is 59.4 Å². The molecule has 2 aromatic carbocycles. The van der Waals surface area contributed by atoms with Crippen LogP contribution < -0.4 is 10.8 Å². The number of nitrogens with one attached hydrogen (secondary N) is 2. The number of carbonyl (C=O) groups is 1. The summed E-state index contributed by atoms with van der Waals surface area (Å²) in [7, 11) is 0. The summed E-state index contributed by atoms with van der Waals surface area (Å²) >= 11 is 0. The van der Waals surface area contributed by atoms with Gasteiger partial charge in [0.15, 0.2) is 0 Å². The fourth-order valence-corrected chi connectivity index (χ4v) is 2.56. The first-order valence-corrected chi connectivity index (χ1v) is 8.56. The first-order chi connectivity index (χ1) is 12.6. The summed E-state index contributed by atoms with van der Waals surface area (Å²) in [5, 5.41) is 12.0. The van der Waals surface area contributed by atoms with Gasteiger partial charge >= 0.3 is 0 Å². The summed E-state index contributed by atoms with van der Waals surface area (Å²) in [6.45, 7) is 0.731. The minimum atomic E-state index is -0.571. The predicted molar refractivity (Wildman–Crippen MR) is 101 cm³/mol. The fourth-order valence-electron chi connectivity index (χ4n) is 2.56. The SMILES string of the molecule is O=C(/C=C/c1ccc(/C=C(\CNC2CC2)c2ccc(F)cc2)cc1)NO. The molecule has 1 aliphatic carbocycles. The van der Waals surface area contributed by atoms with Crippen LogP contribution in [-0.4, -0.2) is 23.7 Å². The van der Waals surface area contributed by atoms with Gasteiger partial charge in [-0.2, -0.15) is 0 Å². The van der Waals surface area contributed by atoms with E-state index in [4.69, 9.17) is 5.21 Å². The number of hydroxylamine groups is 1. The first-order valence-electron chi connectivity index (χ1n) is 8.56. The summed E-state index contributed by atoms with van der Waals surface area (Å²) in [5.74, 6) is -0.815. The zero-order chi connectivity index (χ0) is 18.4. The van der Waals surface area contributed by atoms with Crippen molar-refractivity contribution in [2.24, 2.45) is 0 Å². The second kappa shape index (κ2) is 8.56. The van der Waals surface area contributed by atoms with E-state index in [1.807, 2.05) is 24.3 Å². The molecule has 2 aromatic rings. The molecule has 134 valence electrons. The molecular weight excluding hydrogens is 331 g/mol. The van der Waals surface area contributed by atoms with Crippen LogP contribution in [0.2, 0.25) is 0 Å². The third-order valence-corrected chi connectivity index (χ3v) is 4.19. The van der Waals surface area contributed by atoms with Crippen molar-refractivity contribution in [3.63, 3.8) is 0 Å². The molecule has 4 nitrogen and oxygen atoms in total. The van der Waals surface area contributed by atoms with Crippen molar-refractivity contribution in [2.45, 2.75) is 18.9 Å². The predicted octanol–water partition coefficient (Wildman–Crippen LogP) is 3.64. The Hall–Kier alpha value is -2.76. The molecule has 0 saturated heterocycles. The third kappa shape index (κ3) is 5.37. The molecule has 3 rings (SSSR count). The molecule has 0 atom stereocenters. The number of amides is 1. The van der Waals surface area contributed by atoms with E-state index in [-0.39, 0.29) is 5.82 Å². The van der Waals surface area contributed by atoms with Crippen molar-refractivity contribution in [3.05, 3.63) is 77.1 Å². The second-order valence-corrected chi connectivity index (χ2v) is 6.31. The van der Waals surface area contributed by atoms with E-state index in [0.717, 1.165) is 28.8 Å². The van der Waals surface area contributed by atoms with Crippen LogP contribution in [0.25, 0.3) is 17.7 Å². The summed E-state index contributed by atoms with van der Waals surface area (Å²) < 4.78 is 13.2. The molecule has 0 heterocycles. The van der Waals surface area contributed by atoms with Gasteiger partial charge in [-0.25, -0.2) is 9.87 Å². The van der Waals surface area contributed by atoms with Crippen molar-refractivity contribution in [2.75, 3.05) is 6.54 Å². The smallest absolute Gasteiger partial charge is 0.267 e. The van der Waals surface area contributed by atoms with Crippen molar-refractivity contribution >= 4 is 23.6 Å². The molecule has 0 radical (unpaired) electrons. The molecule has 1 saturated carbocycles. The molecular formula is C21H21FN2O2. The van der Waals surface area contributed by atoms with Crippen LogP contribution in [0.3, 0.4) is 0 Å². The number of rotatable bonds is 7. The lowest BCUT2D eigenvalue weighted by Gasteiger charge is -2.10. The molecule has 0 aromatic heterocycles. The van der Waals surface area contributed by atoms with Crippen molar-refractivity contribution in [1.82, 2.24) is 10.8 Å². The quantitative estimate of drug-likeness (QED) is 0.309. The zero-order valence-corrected chi connectivity index (χ0v) is 14.3. The molecule has 0 unspecified atom stereocenters. The second-order valence-electron chi connectivity index (χ2n) is 6.31. The molecule has 0 bridgehead atoms. The van der Waals surface area contributed by atoms with Crippen LogP contribution in [0, 0.1) is 5.82 Å².